The monoisotopic (exact) mass is 1670 g/mol. The van der Waals surface area contributed by atoms with Crippen LogP contribution in [0.1, 0.15) is 70.6 Å². The van der Waals surface area contributed by atoms with Gasteiger partial charge in [0.15, 0.2) is 0 Å². The molecule has 6 heterocycles. The van der Waals surface area contributed by atoms with Crippen LogP contribution < -0.4 is 33.7 Å². The SMILES string of the molecule is CS(=O)(=O)OCc1cccnc1SC(c1ccc(Cl)cc1)c1c(Cl)cc(-n2ncc(=O)[nH]c2=O)cc1Cl.O=C(Cl)c1cccnc1SC(c1ccc(Cl)cc1)c1c(Cl)cc(-n2ncc(=O)[nH]c2=O)cc1Cl.O=c1cnn(-c2cc(Cl)c(C(Sc3ncccc3CO)c3ccc(Cl)cc3)c(Cl)c2)c(=O)[nH]1. The number of hydrogen-bond acceptors (Lipinski definition) is 20. The van der Waals surface area contributed by atoms with Crippen molar-refractivity contribution in [2.75, 3.05) is 6.26 Å². The van der Waals surface area contributed by atoms with Gasteiger partial charge in [-0.3, -0.25) is 38.3 Å². The molecule has 0 fully saturated rings. The standard InChI is InChI=1S/C23H17Cl3N4O5S2.C22H12Cl4N4O3S.C22H15Cl3N4O3S/c1-37(33,34)35-12-14-3-2-8-27-22(14)36-21(13-4-6-15(24)7-5-13)20-17(25)9-16(10-18(20)26)30-23(32)29-19(31)11-28-30;23-12-5-3-11(4-6-12)19(34-21-14(20(26)32)2-1-7-27-21)18-15(24)8-13(9-16(18)25)30-22(33)29-17(31)10-28-30;23-14-5-3-12(4-6-14)20(33-21-13(11-30)2-1-7-26-21)19-16(24)8-15(9-17(19)25)29-22(32)28-18(31)10-27-29/h2-11,21H,12H2,1H3,(H,29,31,32);1-10,19H,(H,29,31,33);1-10,20,30H,11H2,(H,28,31,32). The lowest BCUT2D eigenvalue weighted by atomic mass is 10.0. The van der Waals surface area contributed by atoms with Crippen molar-refractivity contribution in [2.45, 2.75) is 44.0 Å². The molecule has 3 atom stereocenters. The number of halogens is 10. The van der Waals surface area contributed by atoms with Crippen molar-refractivity contribution in [2.24, 2.45) is 0 Å². The molecular weight excluding hydrogens is 1630 g/mol. The summed E-state index contributed by atoms with van der Waals surface area (Å²) >= 11 is 68.0. The summed E-state index contributed by atoms with van der Waals surface area (Å²) in [7, 11) is -3.68. The highest BCUT2D eigenvalue weighted by Gasteiger charge is 2.29. The number of rotatable bonds is 20. The van der Waals surface area contributed by atoms with Crippen LogP contribution in [0.5, 0.6) is 0 Å². The van der Waals surface area contributed by atoms with Gasteiger partial charge in [-0.1, -0.05) is 188 Å². The van der Waals surface area contributed by atoms with Gasteiger partial charge in [0.25, 0.3) is 32.0 Å². The van der Waals surface area contributed by atoms with Crippen LogP contribution in [-0.2, 0) is 27.5 Å². The number of aromatic amines is 3. The fourth-order valence-corrected chi connectivity index (χ4v) is 16.9. The molecule has 0 spiro atoms. The van der Waals surface area contributed by atoms with Gasteiger partial charge in [-0.2, -0.15) is 37.8 Å². The highest BCUT2D eigenvalue weighted by Crippen LogP contribution is 2.50. The number of benzene rings is 6. The van der Waals surface area contributed by atoms with Gasteiger partial charge in [0.05, 0.1) is 57.8 Å². The fourth-order valence-electron chi connectivity index (χ4n) is 9.67. The Balaban J connectivity index is 0.000000168. The van der Waals surface area contributed by atoms with E-state index in [1.807, 2.05) is 24.3 Å². The number of carbonyl (C=O) groups is 1. The third-order valence-electron chi connectivity index (χ3n) is 14.3. The summed E-state index contributed by atoms with van der Waals surface area (Å²) in [6.45, 7) is -0.381. The first kappa shape index (κ1) is 78.7. The Labute approximate surface area is 650 Å². The van der Waals surface area contributed by atoms with Crippen LogP contribution >= 0.6 is 151 Å². The van der Waals surface area contributed by atoms with E-state index in [1.165, 1.54) is 59.6 Å². The average Bonchev–Trinajstić information content (AvgIpc) is 0.790. The minimum atomic E-state index is -3.68. The lowest BCUT2D eigenvalue weighted by Crippen LogP contribution is -2.30. The quantitative estimate of drug-likeness (QED) is 0.0313. The van der Waals surface area contributed by atoms with Gasteiger partial charge >= 0.3 is 17.1 Å². The molecule has 0 aliphatic rings. The highest BCUT2D eigenvalue weighted by atomic mass is 35.5. The van der Waals surface area contributed by atoms with Crippen molar-refractivity contribution in [1.82, 2.24) is 59.2 Å². The van der Waals surface area contributed by atoms with Crippen molar-refractivity contribution < 1.29 is 22.5 Å². The van der Waals surface area contributed by atoms with Crippen molar-refractivity contribution in [3.63, 3.8) is 0 Å². The van der Waals surface area contributed by atoms with Crippen molar-refractivity contribution >= 4 is 167 Å². The van der Waals surface area contributed by atoms with Crippen LogP contribution in [-0.4, -0.2) is 84.3 Å². The Morgan fingerprint density at radius 3 is 1.07 bits per heavy atom. The Morgan fingerprint density at radius 1 is 0.462 bits per heavy atom. The molecule has 6 aromatic heterocycles. The van der Waals surface area contributed by atoms with E-state index in [1.54, 1.807) is 116 Å². The van der Waals surface area contributed by atoms with E-state index in [9.17, 15) is 47.1 Å². The second kappa shape index (κ2) is 35.5. The summed E-state index contributed by atoms with van der Waals surface area (Å²) in [5.41, 5.74) is 2.19. The molecule has 0 radical (unpaired) electrons. The van der Waals surface area contributed by atoms with E-state index >= 15 is 0 Å². The lowest BCUT2D eigenvalue weighted by molar-refractivity contribution is 0.107. The van der Waals surface area contributed by atoms with Gasteiger partial charge in [0.2, 0.25) is 0 Å². The second-order valence-electron chi connectivity index (χ2n) is 21.4. The van der Waals surface area contributed by atoms with Crippen LogP contribution in [0, 0.1) is 0 Å². The number of H-pyrrole nitrogens is 3. The molecule has 4 N–H and O–H groups in total. The molecule has 0 saturated heterocycles. The summed E-state index contributed by atoms with van der Waals surface area (Å²) in [4.78, 5) is 102. The molecule has 37 heteroatoms. The van der Waals surface area contributed by atoms with Gasteiger partial charge in [-0.05, 0) is 125 Å². The minimum absolute atomic E-state index is 0.176. The van der Waals surface area contributed by atoms with Crippen LogP contribution in [0.4, 0.5) is 0 Å². The fraction of sp³-hybridized carbons (Fsp3) is 0.0896. The number of aliphatic hydroxyl groups is 1. The summed E-state index contributed by atoms with van der Waals surface area (Å²) in [5, 5.41) is 23.8. The van der Waals surface area contributed by atoms with E-state index in [2.05, 4.69) is 45.2 Å². The highest BCUT2D eigenvalue weighted by molar-refractivity contribution is 8.00. The first-order chi connectivity index (χ1) is 49.6. The molecule has 0 aliphatic heterocycles. The first-order valence-electron chi connectivity index (χ1n) is 29.4. The van der Waals surface area contributed by atoms with Crippen molar-refractivity contribution in [3.05, 3.63) is 341 Å². The summed E-state index contributed by atoms with van der Waals surface area (Å²) < 4.78 is 31.0. The predicted molar refractivity (Wildman–Crippen MR) is 407 cm³/mol. The Morgan fingerprint density at radius 2 is 0.760 bits per heavy atom. The minimum Gasteiger partial charge on any atom is -0.392 e. The van der Waals surface area contributed by atoms with Gasteiger partial charge in [-0.25, -0.2) is 29.3 Å². The van der Waals surface area contributed by atoms with E-state index in [0.717, 1.165) is 55.6 Å². The van der Waals surface area contributed by atoms with Crippen LogP contribution in [0.2, 0.25) is 45.2 Å². The molecule has 0 amide bonds. The number of nitrogens with one attached hydrogen (secondary N) is 3. The molecule has 12 aromatic rings. The summed E-state index contributed by atoms with van der Waals surface area (Å²) in [5.74, 6) is 0. The maximum atomic E-state index is 12.2. The third kappa shape index (κ3) is 20.0. The number of pyridine rings is 3. The molecule has 532 valence electrons. The zero-order valence-corrected chi connectivity index (χ0v) is 63.3. The van der Waals surface area contributed by atoms with Crippen molar-refractivity contribution in [3.8, 4) is 17.1 Å². The maximum Gasteiger partial charge on any atom is 0.349 e. The smallest absolute Gasteiger partial charge is 0.349 e. The molecular formula is C67H44Cl10N12O11S4. The molecule has 23 nitrogen and oxygen atoms in total. The Kier molecular flexibility index (Phi) is 26.8. The normalized spacial score (nSPS) is 12.1. The number of nitrogens with zero attached hydrogens (tertiary/aromatic N) is 9. The van der Waals surface area contributed by atoms with Crippen molar-refractivity contribution in [1.29, 1.82) is 0 Å². The van der Waals surface area contributed by atoms with Crippen LogP contribution in [0.15, 0.2) is 227 Å². The molecule has 0 aliphatic carbocycles. The number of hydrogen-bond donors (Lipinski definition) is 4. The predicted octanol–water partition coefficient (Wildman–Crippen LogP) is 14.8. The van der Waals surface area contributed by atoms with E-state index in [-0.39, 0.29) is 60.3 Å². The van der Waals surface area contributed by atoms with Crippen LogP contribution in [0.3, 0.4) is 0 Å². The zero-order chi connectivity index (χ0) is 74.7. The van der Waals surface area contributed by atoms with Crippen LogP contribution in [0.25, 0.3) is 17.1 Å². The molecule has 12 rings (SSSR count). The first-order valence-corrected chi connectivity index (χ1v) is 37.6. The van der Waals surface area contributed by atoms with E-state index in [4.69, 9.17) is 120 Å². The Bertz CT molecular complexity index is 5640. The molecule has 0 bridgehead atoms. The molecule has 3 unspecified atom stereocenters. The maximum absolute atomic E-state index is 12.2. The Hall–Kier alpha value is -7.91. The third-order valence-corrected chi connectivity index (χ3v) is 21.7. The summed E-state index contributed by atoms with van der Waals surface area (Å²) in [6.07, 6.45) is 8.65. The van der Waals surface area contributed by atoms with Gasteiger partial charge in [0, 0.05) is 91.6 Å². The van der Waals surface area contributed by atoms with Gasteiger partial charge in [-0.15, -0.1) is 0 Å². The second-order valence-corrected chi connectivity index (χ2v) is 30.4. The average molecular weight is 1680 g/mol. The number of aromatic nitrogens is 12. The number of aliphatic hydroxyl groups excluding tert-OH is 1. The summed E-state index contributed by atoms with van der Waals surface area (Å²) in [6, 6.07) is 40.6. The van der Waals surface area contributed by atoms with E-state index in [0.29, 0.717) is 63.7 Å². The topological polar surface area (TPSA) is 323 Å². The lowest BCUT2D eigenvalue weighted by Gasteiger charge is -2.22. The van der Waals surface area contributed by atoms with E-state index < -0.39 is 64.9 Å². The zero-order valence-electron chi connectivity index (χ0n) is 52.4. The molecule has 0 saturated carbocycles. The molecule has 6 aromatic carbocycles. The molecule has 104 heavy (non-hydrogen) atoms. The number of thioether (sulfide) groups is 3. The largest absolute Gasteiger partial charge is 0.392 e. The number of carbonyl (C=O) groups excluding carboxylic acids is 1. The van der Waals surface area contributed by atoms with Gasteiger partial charge in [0.1, 0.15) is 33.7 Å². The van der Waals surface area contributed by atoms with Gasteiger partial charge < -0.3 is 5.11 Å².